The first-order valence-corrected chi connectivity index (χ1v) is 12.7. The summed E-state index contributed by atoms with van der Waals surface area (Å²) in [6.07, 6.45) is 15.4. The van der Waals surface area contributed by atoms with Gasteiger partial charge in [0.15, 0.2) is 0 Å². The van der Waals surface area contributed by atoms with E-state index in [2.05, 4.69) is 0 Å². The molecule has 2 saturated heterocycles. The highest BCUT2D eigenvalue weighted by Gasteiger charge is 2.50. The molecule has 4 fully saturated rings. The van der Waals surface area contributed by atoms with Gasteiger partial charge in [-0.1, -0.05) is 38.5 Å². The summed E-state index contributed by atoms with van der Waals surface area (Å²) in [5.41, 5.74) is 11.8. The highest BCUT2D eigenvalue weighted by atomic mass is 16.6. The lowest BCUT2D eigenvalue weighted by Gasteiger charge is -2.33. The van der Waals surface area contributed by atoms with Crippen LogP contribution in [-0.2, 0) is 18.9 Å². The van der Waals surface area contributed by atoms with Gasteiger partial charge in [-0.2, -0.15) is 0 Å². The van der Waals surface area contributed by atoms with Crippen LogP contribution in [0.25, 0.3) is 0 Å². The van der Waals surface area contributed by atoms with Gasteiger partial charge in [-0.25, -0.2) is 0 Å². The maximum Gasteiger partial charge on any atom is 0.115 e. The van der Waals surface area contributed by atoms with Gasteiger partial charge in [0, 0.05) is 0 Å². The van der Waals surface area contributed by atoms with Gasteiger partial charge in [-0.3, -0.25) is 0 Å². The molecule has 0 bridgehead atoms. The summed E-state index contributed by atoms with van der Waals surface area (Å²) >= 11 is 0. The zero-order valence-electron chi connectivity index (χ0n) is 18.7. The third kappa shape index (κ3) is 5.57. The molecule has 2 aliphatic heterocycles. The van der Waals surface area contributed by atoms with Crippen molar-refractivity contribution in [3.05, 3.63) is 0 Å². The third-order valence-corrected chi connectivity index (χ3v) is 7.92. The summed E-state index contributed by atoms with van der Waals surface area (Å²) in [6.45, 7) is 2.57. The highest BCUT2D eigenvalue weighted by molar-refractivity contribution is 4.97. The fourth-order valence-corrected chi connectivity index (χ4v) is 6.28. The number of nitrogens with two attached hydrogens (primary N) is 2. The largest absolute Gasteiger partial charge is 0.370 e. The first kappa shape index (κ1) is 22.9. The minimum atomic E-state index is -0.0104. The van der Waals surface area contributed by atoms with Gasteiger partial charge in [0.1, 0.15) is 24.4 Å². The zero-order chi connectivity index (χ0) is 20.8. The Morgan fingerprint density at radius 1 is 0.633 bits per heavy atom. The van der Waals surface area contributed by atoms with E-state index in [-0.39, 0.29) is 36.6 Å². The van der Waals surface area contributed by atoms with Crippen LogP contribution in [0.3, 0.4) is 0 Å². The quantitative estimate of drug-likeness (QED) is 0.560. The molecular formula is C24H44N2O4. The fourth-order valence-electron chi connectivity index (χ4n) is 6.28. The first-order valence-electron chi connectivity index (χ1n) is 12.7. The summed E-state index contributed by atoms with van der Waals surface area (Å²) in [6, 6.07) is 0. The Kier molecular flexibility index (Phi) is 8.85. The predicted molar refractivity (Wildman–Crippen MR) is 117 cm³/mol. The van der Waals surface area contributed by atoms with Crippen LogP contribution in [0.2, 0.25) is 0 Å². The molecule has 2 saturated carbocycles. The highest BCUT2D eigenvalue weighted by Crippen LogP contribution is 2.37. The Hall–Kier alpha value is -0.240. The smallest absolute Gasteiger partial charge is 0.115 e. The van der Waals surface area contributed by atoms with Gasteiger partial charge in [0.25, 0.3) is 0 Å². The number of rotatable bonds is 10. The van der Waals surface area contributed by atoms with E-state index in [1.807, 2.05) is 0 Å². The van der Waals surface area contributed by atoms with E-state index in [0.29, 0.717) is 38.1 Å². The van der Waals surface area contributed by atoms with E-state index >= 15 is 0 Å². The number of hydrogen-bond donors (Lipinski definition) is 2. The average Bonchev–Trinajstić information content (AvgIpc) is 3.37. The minimum absolute atomic E-state index is 0.00437. The number of hydrogen-bond acceptors (Lipinski definition) is 6. The van der Waals surface area contributed by atoms with Crippen molar-refractivity contribution in [1.82, 2.24) is 0 Å². The van der Waals surface area contributed by atoms with Crippen LogP contribution >= 0.6 is 0 Å². The molecule has 0 amide bonds. The summed E-state index contributed by atoms with van der Waals surface area (Å²) in [7, 11) is 0. The second-order valence-corrected chi connectivity index (χ2v) is 9.97. The Morgan fingerprint density at radius 2 is 1.03 bits per heavy atom. The molecule has 4 N–H and O–H groups in total. The van der Waals surface area contributed by atoms with Gasteiger partial charge in [0.05, 0.1) is 25.4 Å². The van der Waals surface area contributed by atoms with Crippen molar-refractivity contribution in [3.8, 4) is 0 Å². The topological polar surface area (TPSA) is 89.0 Å². The van der Waals surface area contributed by atoms with Gasteiger partial charge < -0.3 is 30.4 Å². The molecule has 0 aromatic rings. The summed E-state index contributed by atoms with van der Waals surface area (Å²) in [5.74, 6) is 1.27. The van der Waals surface area contributed by atoms with Crippen molar-refractivity contribution in [3.63, 3.8) is 0 Å². The van der Waals surface area contributed by atoms with Crippen molar-refractivity contribution < 1.29 is 18.9 Å². The Balaban J connectivity index is 1.32. The minimum Gasteiger partial charge on any atom is -0.370 e. The molecule has 2 heterocycles. The monoisotopic (exact) mass is 424 g/mol. The van der Waals surface area contributed by atoms with E-state index in [1.165, 1.54) is 64.2 Å². The Bertz CT molecular complexity index is 452. The lowest BCUT2D eigenvalue weighted by atomic mass is 9.84. The van der Waals surface area contributed by atoms with Gasteiger partial charge in [0.2, 0.25) is 0 Å². The number of ether oxygens (including phenoxy) is 4. The lowest BCUT2D eigenvalue weighted by molar-refractivity contribution is -0.110. The second-order valence-electron chi connectivity index (χ2n) is 9.97. The number of fused-ring (bicyclic) bond motifs is 1. The molecule has 4 aliphatic rings. The summed E-state index contributed by atoms with van der Waals surface area (Å²) in [5, 5.41) is 0. The van der Waals surface area contributed by atoms with Crippen LogP contribution in [-0.4, -0.2) is 62.9 Å². The molecule has 2 aliphatic carbocycles. The van der Waals surface area contributed by atoms with Crippen LogP contribution in [0, 0.1) is 11.8 Å². The Labute approximate surface area is 182 Å². The van der Waals surface area contributed by atoms with Crippen LogP contribution in [0.1, 0.15) is 77.0 Å². The molecule has 174 valence electrons. The molecular weight excluding hydrogens is 380 g/mol. The maximum absolute atomic E-state index is 6.62. The molecule has 4 rings (SSSR count). The van der Waals surface area contributed by atoms with Gasteiger partial charge >= 0.3 is 0 Å². The molecule has 0 radical (unpaired) electrons. The summed E-state index contributed by atoms with van der Waals surface area (Å²) < 4.78 is 25.6. The lowest BCUT2D eigenvalue weighted by Crippen LogP contribution is -2.40. The SMILES string of the molecule is NCCC(O[C@H]1COC2C1OC[C@@H]2OC(CCN)C1CCCCC1)C1CCCCC1. The molecule has 0 aromatic carbocycles. The van der Waals surface area contributed by atoms with Gasteiger partial charge in [-0.05, 0) is 63.5 Å². The van der Waals surface area contributed by atoms with Crippen LogP contribution in [0.5, 0.6) is 0 Å². The normalized spacial score (nSPS) is 35.4. The van der Waals surface area contributed by atoms with Crippen molar-refractivity contribution in [1.29, 1.82) is 0 Å². The first-order chi connectivity index (χ1) is 14.8. The zero-order valence-corrected chi connectivity index (χ0v) is 18.7. The molecule has 6 nitrogen and oxygen atoms in total. The maximum atomic E-state index is 6.62. The molecule has 6 atom stereocenters. The molecule has 0 spiro atoms. The van der Waals surface area contributed by atoms with Crippen molar-refractivity contribution in [2.24, 2.45) is 23.3 Å². The molecule has 4 unspecified atom stereocenters. The average molecular weight is 425 g/mol. The standard InChI is InChI=1S/C24H44N2O4/c25-13-11-19(17-7-3-1-4-8-17)29-21-15-27-24-22(16-28-23(21)24)30-20(12-14-26)18-9-5-2-6-10-18/h17-24H,1-16,25-26H2/t19?,20?,21-,22-,23?,24?/m0/s1. The van der Waals surface area contributed by atoms with Gasteiger partial charge in [-0.15, -0.1) is 0 Å². The Morgan fingerprint density at radius 3 is 1.40 bits per heavy atom. The van der Waals surface area contributed by atoms with Crippen LogP contribution < -0.4 is 11.5 Å². The van der Waals surface area contributed by atoms with E-state index in [4.69, 9.17) is 30.4 Å². The summed E-state index contributed by atoms with van der Waals surface area (Å²) in [4.78, 5) is 0. The fraction of sp³-hybridized carbons (Fsp3) is 1.00. The van der Waals surface area contributed by atoms with E-state index in [1.54, 1.807) is 0 Å². The molecule has 0 aromatic heterocycles. The molecule has 6 heteroatoms. The van der Waals surface area contributed by atoms with Crippen molar-refractivity contribution in [2.45, 2.75) is 114 Å². The van der Waals surface area contributed by atoms with E-state index in [9.17, 15) is 0 Å². The van der Waals surface area contributed by atoms with Crippen LogP contribution in [0.4, 0.5) is 0 Å². The molecule has 30 heavy (non-hydrogen) atoms. The second kappa shape index (κ2) is 11.6. The van der Waals surface area contributed by atoms with E-state index < -0.39 is 0 Å². The van der Waals surface area contributed by atoms with Crippen molar-refractivity contribution in [2.75, 3.05) is 26.3 Å². The van der Waals surface area contributed by atoms with Crippen LogP contribution in [0.15, 0.2) is 0 Å². The third-order valence-electron chi connectivity index (χ3n) is 7.92. The predicted octanol–water partition coefficient (Wildman–Crippen LogP) is 3.15. The van der Waals surface area contributed by atoms with E-state index in [0.717, 1.165) is 12.8 Å². The van der Waals surface area contributed by atoms with Crippen molar-refractivity contribution >= 4 is 0 Å².